The molecule has 0 fully saturated rings. The number of hydrogen-bond acceptors (Lipinski definition) is 3. The molecule has 1 aliphatic rings. The molecule has 1 atom stereocenters. The first-order valence-electron chi connectivity index (χ1n) is 6.81. The smallest absolute Gasteiger partial charge is 0.132 e. The second-order valence-corrected chi connectivity index (χ2v) is 5.33. The van der Waals surface area contributed by atoms with Crippen LogP contribution in [0.15, 0.2) is 24.7 Å². The lowest BCUT2D eigenvalue weighted by Gasteiger charge is -2.25. The van der Waals surface area contributed by atoms with Crippen LogP contribution in [-0.2, 0) is 12.8 Å². The first-order chi connectivity index (χ1) is 9.31. The van der Waals surface area contributed by atoms with Crippen LogP contribution in [0, 0.1) is 4.64 Å². The van der Waals surface area contributed by atoms with Gasteiger partial charge in [-0.25, -0.2) is 4.98 Å². The summed E-state index contributed by atoms with van der Waals surface area (Å²) in [6.45, 7) is 2.13. The largest absolute Gasteiger partial charge is 0.349 e. The molecule has 98 valence electrons. The lowest BCUT2D eigenvalue weighted by atomic mass is 9.83. The molecule has 1 unspecified atom stereocenters. The van der Waals surface area contributed by atoms with Crippen LogP contribution < -0.4 is 0 Å². The van der Waals surface area contributed by atoms with Gasteiger partial charge in [-0.2, -0.15) is 0 Å². The molecule has 0 bridgehead atoms. The average Bonchev–Trinajstić information content (AvgIpc) is 2.46. The molecule has 0 saturated heterocycles. The summed E-state index contributed by atoms with van der Waals surface area (Å²) in [4.78, 5) is 12.1. The molecule has 3 rings (SSSR count). The van der Waals surface area contributed by atoms with Crippen molar-refractivity contribution < 1.29 is 0 Å². The van der Waals surface area contributed by atoms with Gasteiger partial charge in [0.05, 0.1) is 12.0 Å². The number of fused-ring (bicyclic) bond motifs is 1. The summed E-state index contributed by atoms with van der Waals surface area (Å²) in [6.07, 6.45) is 7.98. The van der Waals surface area contributed by atoms with E-state index in [9.17, 15) is 0 Å². The van der Waals surface area contributed by atoms with E-state index in [-0.39, 0.29) is 0 Å². The quantitative estimate of drug-likeness (QED) is 0.849. The van der Waals surface area contributed by atoms with Gasteiger partial charge in [-0.15, -0.1) is 0 Å². The lowest BCUT2D eigenvalue weighted by molar-refractivity contribution is 0.581. The van der Waals surface area contributed by atoms with Crippen LogP contribution >= 0.6 is 12.2 Å². The molecule has 2 aromatic heterocycles. The first kappa shape index (κ1) is 12.5. The van der Waals surface area contributed by atoms with E-state index in [1.165, 1.54) is 28.9 Å². The molecule has 0 aromatic carbocycles. The molecular weight excluding hydrogens is 254 g/mol. The molecule has 1 N–H and O–H groups in total. The Labute approximate surface area is 118 Å². The Morgan fingerprint density at radius 3 is 3.16 bits per heavy atom. The van der Waals surface area contributed by atoms with Crippen LogP contribution in [0.3, 0.4) is 0 Å². The zero-order valence-corrected chi connectivity index (χ0v) is 11.8. The van der Waals surface area contributed by atoms with E-state index in [1.54, 1.807) is 6.33 Å². The summed E-state index contributed by atoms with van der Waals surface area (Å²) in [5, 5.41) is 0. The highest BCUT2D eigenvalue weighted by atomic mass is 32.1. The van der Waals surface area contributed by atoms with E-state index in [4.69, 9.17) is 12.2 Å². The number of pyridine rings is 1. The van der Waals surface area contributed by atoms with E-state index < -0.39 is 0 Å². The van der Waals surface area contributed by atoms with Crippen molar-refractivity contribution in [1.29, 1.82) is 0 Å². The Morgan fingerprint density at radius 1 is 1.42 bits per heavy atom. The molecule has 0 spiro atoms. The van der Waals surface area contributed by atoms with Gasteiger partial charge in [-0.05, 0) is 37.3 Å². The summed E-state index contributed by atoms with van der Waals surface area (Å²) < 4.78 is 0.722. The van der Waals surface area contributed by atoms with Gasteiger partial charge in [0, 0.05) is 23.4 Å². The van der Waals surface area contributed by atoms with E-state index in [2.05, 4.69) is 27.9 Å². The SMILES string of the molecule is CCc1c(C2CCCc3cccnc32)[nH]cnc1=S. The number of H-pyrrole nitrogens is 1. The zero-order chi connectivity index (χ0) is 13.2. The van der Waals surface area contributed by atoms with Gasteiger partial charge in [0.1, 0.15) is 4.64 Å². The van der Waals surface area contributed by atoms with Crippen molar-refractivity contribution in [2.75, 3.05) is 0 Å². The van der Waals surface area contributed by atoms with E-state index in [0.717, 1.165) is 23.9 Å². The second kappa shape index (κ2) is 5.21. The lowest BCUT2D eigenvalue weighted by Crippen LogP contribution is -2.16. The zero-order valence-electron chi connectivity index (χ0n) is 11.0. The van der Waals surface area contributed by atoms with Crippen molar-refractivity contribution in [3.8, 4) is 0 Å². The van der Waals surface area contributed by atoms with Crippen LogP contribution in [-0.4, -0.2) is 15.0 Å². The molecular formula is C15H17N3S. The molecule has 0 amide bonds. The fourth-order valence-corrected chi connectivity index (χ4v) is 3.29. The third-order valence-corrected chi connectivity index (χ3v) is 4.23. The number of hydrogen-bond donors (Lipinski definition) is 1. The summed E-state index contributed by atoms with van der Waals surface area (Å²) in [5.41, 5.74) is 4.96. The van der Waals surface area contributed by atoms with Crippen molar-refractivity contribution in [1.82, 2.24) is 15.0 Å². The first-order valence-corrected chi connectivity index (χ1v) is 7.22. The molecule has 4 heteroatoms. The number of rotatable bonds is 2. The Bertz CT molecular complexity index is 648. The summed E-state index contributed by atoms with van der Waals surface area (Å²) in [5.74, 6) is 0.338. The van der Waals surface area contributed by atoms with Crippen LogP contribution in [0.2, 0.25) is 0 Å². The van der Waals surface area contributed by atoms with Crippen molar-refractivity contribution in [3.05, 3.63) is 51.8 Å². The fraction of sp³-hybridized carbons (Fsp3) is 0.400. The predicted octanol–water partition coefficient (Wildman–Crippen LogP) is 3.56. The summed E-state index contributed by atoms with van der Waals surface area (Å²) in [7, 11) is 0. The predicted molar refractivity (Wildman–Crippen MR) is 77.8 cm³/mol. The normalized spacial score (nSPS) is 18.1. The molecule has 2 aromatic rings. The van der Waals surface area contributed by atoms with Gasteiger partial charge in [0.2, 0.25) is 0 Å². The minimum atomic E-state index is 0.338. The highest BCUT2D eigenvalue weighted by Gasteiger charge is 2.25. The van der Waals surface area contributed by atoms with E-state index in [1.807, 2.05) is 12.3 Å². The minimum absolute atomic E-state index is 0.338. The Kier molecular flexibility index (Phi) is 3.42. The maximum absolute atomic E-state index is 5.36. The van der Waals surface area contributed by atoms with Crippen LogP contribution in [0.25, 0.3) is 0 Å². The van der Waals surface area contributed by atoms with Gasteiger partial charge in [-0.1, -0.05) is 25.2 Å². The number of aryl methyl sites for hydroxylation is 1. The average molecular weight is 271 g/mol. The van der Waals surface area contributed by atoms with E-state index >= 15 is 0 Å². The standard InChI is InChI=1S/C15H17N3S/c1-2-11-14(17-9-18-15(11)19)12-7-3-5-10-6-4-8-16-13(10)12/h4,6,8-9,12H,2-3,5,7H2,1H3,(H,17,18,19). The number of nitrogens with one attached hydrogen (secondary N) is 1. The van der Waals surface area contributed by atoms with Crippen LogP contribution in [0.1, 0.15) is 48.2 Å². The van der Waals surface area contributed by atoms with Gasteiger partial charge in [-0.3, -0.25) is 4.98 Å². The molecule has 1 aliphatic carbocycles. The van der Waals surface area contributed by atoms with Crippen molar-refractivity contribution in [2.24, 2.45) is 0 Å². The van der Waals surface area contributed by atoms with Gasteiger partial charge in [0.15, 0.2) is 0 Å². The van der Waals surface area contributed by atoms with Crippen LogP contribution in [0.4, 0.5) is 0 Å². The molecule has 19 heavy (non-hydrogen) atoms. The van der Waals surface area contributed by atoms with Crippen molar-refractivity contribution >= 4 is 12.2 Å². The Morgan fingerprint density at radius 2 is 2.32 bits per heavy atom. The fourth-order valence-electron chi connectivity index (χ4n) is 2.98. The molecule has 0 radical (unpaired) electrons. The molecule has 3 nitrogen and oxygen atoms in total. The number of aromatic nitrogens is 3. The van der Waals surface area contributed by atoms with Crippen LogP contribution in [0.5, 0.6) is 0 Å². The maximum Gasteiger partial charge on any atom is 0.132 e. The number of nitrogens with zero attached hydrogens (tertiary/aromatic N) is 2. The Hall–Kier alpha value is -1.55. The maximum atomic E-state index is 5.36. The second-order valence-electron chi connectivity index (χ2n) is 4.95. The molecule has 0 saturated carbocycles. The number of aromatic amines is 1. The highest BCUT2D eigenvalue weighted by Crippen LogP contribution is 2.35. The van der Waals surface area contributed by atoms with Gasteiger partial charge in [0.25, 0.3) is 0 Å². The third-order valence-electron chi connectivity index (χ3n) is 3.88. The monoisotopic (exact) mass is 271 g/mol. The van der Waals surface area contributed by atoms with Crippen molar-refractivity contribution in [3.63, 3.8) is 0 Å². The summed E-state index contributed by atoms with van der Waals surface area (Å²) >= 11 is 5.36. The van der Waals surface area contributed by atoms with Gasteiger partial charge < -0.3 is 4.98 Å². The third kappa shape index (κ3) is 2.21. The Balaban J connectivity index is 2.14. The van der Waals surface area contributed by atoms with Crippen molar-refractivity contribution in [2.45, 2.75) is 38.5 Å². The van der Waals surface area contributed by atoms with E-state index in [0.29, 0.717) is 5.92 Å². The minimum Gasteiger partial charge on any atom is -0.349 e. The topological polar surface area (TPSA) is 41.6 Å². The summed E-state index contributed by atoms with van der Waals surface area (Å²) in [6, 6.07) is 4.21. The molecule has 2 heterocycles. The van der Waals surface area contributed by atoms with Gasteiger partial charge >= 0.3 is 0 Å². The molecule has 0 aliphatic heterocycles. The highest BCUT2D eigenvalue weighted by molar-refractivity contribution is 7.71.